The van der Waals surface area contributed by atoms with E-state index in [4.69, 9.17) is 15.0 Å². The summed E-state index contributed by atoms with van der Waals surface area (Å²) in [4.78, 5) is 15.4. The van der Waals surface area contributed by atoms with Gasteiger partial charge in [-0.05, 0) is 75.5 Å². The van der Waals surface area contributed by atoms with Gasteiger partial charge in [-0.25, -0.2) is 15.0 Å². The molecule has 0 fully saturated rings. The SMILES string of the molecule is c1ccc(-c2cc(-c3ccc(-c4ccc(-c5nc6ccc(-c7ccc(-n8c9ccccc9c9ccccc98)cc7)cc6c6c5ccc5ccccc56)cc4)cc3)nc(-c3ccccc3)n2)cc1. The molecule has 0 aliphatic carbocycles. The fourth-order valence-electron chi connectivity index (χ4n) is 9.90. The minimum atomic E-state index is 0.710. The van der Waals surface area contributed by atoms with Crippen molar-refractivity contribution in [3.63, 3.8) is 0 Å². The van der Waals surface area contributed by atoms with Crippen molar-refractivity contribution in [2.24, 2.45) is 0 Å². The molecule has 10 aromatic carbocycles. The van der Waals surface area contributed by atoms with Crippen molar-refractivity contribution in [2.45, 2.75) is 0 Å². The predicted molar refractivity (Wildman–Crippen MR) is 279 cm³/mol. The molecule has 0 amide bonds. The summed E-state index contributed by atoms with van der Waals surface area (Å²) in [5.41, 5.74) is 16.1. The third-order valence-corrected chi connectivity index (χ3v) is 13.2. The van der Waals surface area contributed by atoms with Crippen LogP contribution in [-0.2, 0) is 0 Å². The third kappa shape index (κ3) is 6.74. The van der Waals surface area contributed by atoms with Gasteiger partial charge in [-0.1, -0.05) is 200 Å². The van der Waals surface area contributed by atoms with Crippen molar-refractivity contribution < 1.29 is 0 Å². The Morgan fingerprint density at radius 3 is 1.43 bits per heavy atom. The van der Waals surface area contributed by atoms with E-state index >= 15 is 0 Å². The molecule has 13 aromatic rings. The molecule has 0 atom stereocenters. The summed E-state index contributed by atoms with van der Waals surface area (Å²) in [7, 11) is 0. The van der Waals surface area contributed by atoms with Crippen LogP contribution in [0.5, 0.6) is 0 Å². The quantitative estimate of drug-likeness (QED) is 0.150. The lowest BCUT2D eigenvalue weighted by molar-refractivity contribution is 1.18. The Morgan fingerprint density at radius 2 is 0.776 bits per heavy atom. The first-order chi connectivity index (χ1) is 33.2. The van der Waals surface area contributed by atoms with E-state index in [2.05, 4.69) is 211 Å². The minimum Gasteiger partial charge on any atom is -0.309 e. The van der Waals surface area contributed by atoms with Crippen molar-refractivity contribution in [2.75, 3.05) is 0 Å². The summed E-state index contributed by atoms with van der Waals surface area (Å²) in [5, 5.41) is 8.46. The number of hydrogen-bond acceptors (Lipinski definition) is 3. The molecule has 0 aliphatic heterocycles. The van der Waals surface area contributed by atoms with E-state index in [0.29, 0.717) is 5.82 Å². The number of benzene rings is 10. The molecule has 0 saturated heterocycles. The van der Waals surface area contributed by atoms with E-state index in [1.54, 1.807) is 0 Å². The van der Waals surface area contributed by atoms with Gasteiger partial charge in [-0.2, -0.15) is 0 Å². The number of para-hydroxylation sites is 2. The molecule has 67 heavy (non-hydrogen) atoms. The molecule has 0 spiro atoms. The average molecular weight is 853 g/mol. The van der Waals surface area contributed by atoms with Crippen LogP contribution in [0.1, 0.15) is 0 Å². The van der Waals surface area contributed by atoms with Gasteiger partial charge in [0.1, 0.15) is 0 Å². The van der Waals surface area contributed by atoms with Gasteiger partial charge >= 0.3 is 0 Å². The molecule has 0 N–H and O–H groups in total. The van der Waals surface area contributed by atoms with E-state index in [1.807, 2.05) is 36.4 Å². The summed E-state index contributed by atoms with van der Waals surface area (Å²) in [5.74, 6) is 0.710. The van der Waals surface area contributed by atoms with Gasteiger partial charge in [0.2, 0.25) is 0 Å². The maximum atomic E-state index is 5.41. The first-order valence-corrected chi connectivity index (χ1v) is 22.8. The van der Waals surface area contributed by atoms with Gasteiger partial charge in [-0.15, -0.1) is 0 Å². The second kappa shape index (κ2) is 15.9. The smallest absolute Gasteiger partial charge is 0.160 e. The summed E-state index contributed by atoms with van der Waals surface area (Å²) in [6, 6.07) is 86.3. The van der Waals surface area contributed by atoms with Crippen molar-refractivity contribution in [1.82, 2.24) is 19.5 Å². The molecule has 3 aromatic heterocycles. The topological polar surface area (TPSA) is 43.6 Å². The Labute approximate surface area is 387 Å². The number of hydrogen-bond donors (Lipinski definition) is 0. The molecule has 0 radical (unpaired) electrons. The van der Waals surface area contributed by atoms with E-state index in [-0.39, 0.29) is 0 Å². The number of aromatic nitrogens is 4. The van der Waals surface area contributed by atoms with Gasteiger partial charge < -0.3 is 4.57 Å². The molecular formula is C63H40N4. The highest BCUT2D eigenvalue weighted by Gasteiger charge is 2.17. The first-order valence-electron chi connectivity index (χ1n) is 22.8. The Morgan fingerprint density at radius 1 is 0.284 bits per heavy atom. The molecule has 4 nitrogen and oxygen atoms in total. The lowest BCUT2D eigenvalue weighted by atomic mass is 9.93. The van der Waals surface area contributed by atoms with Crippen LogP contribution in [0.2, 0.25) is 0 Å². The zero-order valence-corrected chi connectivity index (χ0v) is 36.4. The Hall–Kier alpha value is -8.99. The fraction of sp³-hybridized carbons (Fsp3) is 0. The van der Waals surface area contributed by atoms with Gasteiger partial charge in [0.15, 0.2) is 5.82 Å². The largest absolute Gasteiger partial charge is 0.309 e. The normalized spacial score (nSPS) is 11.6. The van der Waals surface area contributed by atoms with Crippen molar-refractivity contribution in [1.29, 1.82) is 0 Å². The van der Waals surface area contributed by atoms with Gasteiger partial charge in [0.05, 0.1) is 33.6 Å². The Bertz CT molecular complexity index is 3880. The van der Waals surface area contributed by atoms with E-state index in [9.17, 15) is 0 Å². The highest BCUT2D eigenvalue weighted by atomic mass is 15.0. The molecule has 3 heterocycles. The van der Waals surface area contributed by atoms with E-state index in [0.717, 1.165) is 78.0 Å². The molecule has 0 aliphatic rings. The predicted octanol–water partition coefficient (Wildman–Crippen LogP) is 16.4. The third-order valence-electron chi connectivity index (χ3n) is 13.2. The maximum absolute atomic E-state index is 5.41. The minimum absolute atomic E-state index is 0.710. The highest BCUT2D eigenvalue weighted by molar-refractivity contribution is 6.23. The van der Waals surface area contributed by atoms with Crippen LogP contribution >= 0.6 is 0 Å². The van der Waals surface area contributed by atoms with Crippen LogP contribution in [-0.4, -0.2) is 19.5 Å². The van der Waals surface area contributed by atoms with Gasteiger partial charge in [-0.3, -0.25) is 0 Å². The first kappa shape index (κ1) is 38.5. The van der Waals surface area contributed by atoms with E-state index < -0.39 is 0 Å². The monoisotopic (exact) mass is 852 g/mol. The summed E-state index contributed by atoms with van der Waals surface area (Å²) < 4.78 is 2.37. The number of fused-ring (bicyclic) bond motifs is 8. The summed E-state index contributed by atoms with van der Waals surface area (Å²) >= 11 is 0. The van der Waals surface area contributed by atoms with Crippen LogP contribution in [0.4, 0.5) is 0 Å². The van der Waals surface area contributed by atoms with Gasteiger partial charge in [0.25, 0.3) is 0 Å². The second-order valence-corrected chi connectivity index (χ2v) is 17.2. The summed E-state index contributed by atoms with van der Waals surface area (Å²) in [6.45, 7) is 0. The molecule has 0 saturated carbocycles. The molecule has 13 rings (SSSR count). The van der Waals surface area contributed by atoms with Crippen LogP contribution in [0.3, 0.4) is 0 Å². The van der Waals surface area contributed by atoms with Gasteiger partial charge in [0, 0.05) is 54.9 Å². The molecule has 4 heteroatoms. The average Bonchev–Trinajstić information content (AvgIpc) is 3.75. The maximum Gasteiger partial charge on any atom is 0.160 e. The Kier molecular flexibility index (Phi) is 9.14. The van der Waals surface area contributed by atoms with Crippen molar-refractivity contribution >= 4 is 54.3 Å². The van der Waals surface area contributed by atoms with Crippen LogP contribution < -0.4 is 0 Å². The summed E-state index contributed by atoms with van der Waals surface area (Å²) in [6.07, 6.45) is 0. The van der Waals surface area contributed by atoms with Crippen LogP contribution in [0.25, 0.3) is 127 Å². The van der Waals surface area contributed by atoms with Crippen LogP contribution in [0, 0.1) is 0 Å². The molecule has 0 bridgehead atoms. The second-order valence-electron chi connectivity index (χ2n) is 17.2. The number of nitrogens with zero attached hydrogens (tertiary/aromatic N) is 4. The standard InChI is InChI=1S/C63H40N4/c1-3-14-45(15-4-1)57-40-58(66-63(65-57)48-16-5-2-6-17-48)46-27-23-41(24-28-46)42-25-29-47(30-26-42)62-54-37-33-44-13-7-8-18-51(44)61(54)55-39-49(34-38-56(55)64-62)43-31-35-50(36-32-43)67-59-21-11-9-19-52(59)53-20-10-12-22-60(53)67/h1-40H. The van der Waals surface area contributed by atoms with Crippen LogP contribution in [0.15, 0.2) is 243 Å². The molecule has 0 unspecified atom stereocenters. The van der Waals surface area contributed by atoms with Crippen molar-refractivity contribution in [3.8, 4) is 73.1 Å². The van der Waals surface area contributed by atoms with E-state index in [1.165, 1.54) is 43.5 Å². The molecule has 312 valence electrons. The highest BCUT2D eigenvalue weighted by Crippen LogP contribution is 2.40. The Balaban J connectivity index is 0.848. The number of rotatable bonds is 7. The fourth-order valence-corrected chi connectivity index (χ4v) is 9.90. The zero-order valence-electron chi connectivity index (χ0n) is 36.4. The lowest BCUT2D eigenvalue weighted by Crippen LogP contribution is -1.95. The zero-order chi connectivity index (χ0) is 44.3. The lowest BCUT2D eigenvalue weighted by Gasteiger charge is -2.15. The van der Waals surface area contributed by atoms with Crippen molar-refractivity contribution in [3.05, 3.63) is 243 Å². The number of pyridine rings is 1. The molecular weight excluding hydrogens is 813 g/mol.